The monoisotopic (exact) mass is 384 g/mol. The molecule has 27 heavy (non-hydrogen) atoms. The van der Waals surface area contributed by atoms with E-state index in [9.17, 15) is 14.9 Å². The first-order chi connectivity index (χ1) is 12.9. The van der Waals surface area contributed by atoms with Gasteiger partial charge in [0.05, 0.1) is 22.5 Å². The minimum Gasteiger partial charge on any atom is -0.378 e. The Morgan fingerprint density at radius 3 is 2.52 bits per heavy atom. The van der Waals surface area contributed by atoms with E-state index in [1.807, 2.05) is 26.0 Å². The maximum absolute atomic E-state index is 12.5. The number of aromatic nitrogens is 2. The normalized spacial score (nSPS) is 10.6. The van der Waals surface area contributed by atoms with Crippen molar-refractivity contribution in [1.29, 1.82) is 0 Å². The Bertz CT molecular complexity index is 1060. The van der Waals surface area contributed by atoms with E-state index >= 15 is 0 Å². The van der Waals surface area contributed by atoms with Gasteiger partial charge in [-0.2, -0.15) is 9.78 Å². The van der Waals surface area contributed by atoms with E-state index in [1.165, 1.54) is 36.0 Å². The van der Waals surface area contributed by atoms with E-state index in [0.717, 1.165) is 15.8 Å². The van der Waals surface area contributed by atoms with Crippen LogP contribution >= 0.6 is 11.6 Å². The van der Waals surface area contributed by atoms with Gasteiger partial charge in [0.2, 0.25) is 0 Å². The number of aryl methyl sites for hydroxylation is 2. The maximum Gasteiger partial charge on any atom is 0.292 e. The average molecular weight is 385 g/mol. The Labute approximate surface area is 160 Å². The van der Waals surface area contributed by atoms with Gasteiger partial charge in [-0.15, -0.1) is 0 Å². The van der Waals surface area contributed by atoms with Crippen molar-refractivity contribution < 1.29 is 4.92 Å². The average Bonchev–Trinajstić information content (AvgIpc) is 2.64. The number of benzene rings is 2. The molecule has 138 valence electrons. The standard InChI is InChI=1S/C19H17ClN4O3/c1-12-3-4-14(13(2)9-12)10-21-17-11-22-23(19(25)18(17)20)15-5-7-16(8-6-15)24(26)27/h3-9,11,21H,10H2,1-2H3. The Morgan fingerprint density at radius 2 is 1.89 bits per heavy atom. The van der Waals surface area contributed by atoms with Crippen molar-refractivity contribution in [2.24, 2.45) is 0 Å². The molecule has 1 aromatic heterocycles. The predicted molar refractivity (Wildman–Crippen MR) is 105 cm³/mol. The summed E-state index contributed by atoms with van der Waals surface area (Å²) in [5, 5.41) is 18.0. The summed E-state index contributed by atoms with van der Waals surface area (Å²) >= 11 is 6.22. The summed E-state index contributed by atoms with van der Waals surface area (Å²) in [6, 6.07) is 11.7. The lowest BCUT2D eigenvalue weighted by Gasteiger charge is -2.12. The third-order valence-corrected chi connectivity index (χ3v) is 4.56. The van der Waals surface area contributed by atoms with Crippen molar-refractivity contribution in [3.63, 3.8) is 0 Å². The largest absolute Gasteiger partial charge is 0.378 e. The fourth-order valence-electron chi connectivity index (χ4n) is 2.69. The van der Waals surface area contributed by atoms with E-state index < -0.39 is 10.5 Å². The summed E-state index contributed by atoms with van der Waals surface area (Å²) < 4.78 is 1.11. The smallest absolute Gasteiger partial charge is 0.292 e. The van der Waals surface area contributed by atoms with E-state index in [-0.39, 0.29) is 10.7 Å². The molecule has 0 amide bonds. The van der Waals surface area contributed by atoms with Crippen LogP contribution in [0.25, 0.3) is 5.69 Å². The lowest BCUT2D eigenvalue weighted by Crippen LogP contribution is -2.22. The lowest BCUT2D eigenvalue weighted by atomic mass is 10.1. The molecule has 3 rings (SSSR count). The van der Waals surface area contributed by atoms with E-state index in [2.05, 4.69) is 16.5 Å². The minimum absolute atomic E-state index is 0.00752. The van der Waals surface area contributed by atoms with Crippen LogP contribution in [0.4, 0.5) is 11.4 Å². The second kappa shape index (κ2) is 7.59. The zero-order valence-corrected chi connectivity index (χ0v) is 15.5. The molecular weight excluding hydrogens is 368 g/mol. The zero-order valence-electron chi connectivity index (χ0n) is 14.8. The van der Waals surface area contributed by atoms with Crippen LogP contribution in [-0.2, 0) is 6.54 Å². The van der Waals surface area contributed by atoms with Crippen molar-refractivity contribution in [3.8, 4) is 5.69 Å². The number of nitro groups is 1. The number of nitrogens with one attached hydrogen (secondary N) is 1. The molecule has 0 atom stereocenters. The van der Waals surface area contributed by atoms with Crippen LogP contribution in [0.15, 0.2) is 53.5 Å². The van der Waals surface area contributed by atoms with Crippen LogP contribution in [-0.4, -0.2) is 14.7 Å². The van der Waals surface area contributed by atoms with Crippen molar-refractivity contribution >= 4 is 23.0 Å². The third kappa shape index (κ3) is 3.98. The van der Waals surface area contributed by atoms with Crippen molar-refractivity contribution in [2.75, 3.05) is 5.32 Å². The first-order valence-electron chi connectivity index (χ1n) is 8.19. The first-order valence-corrected chi connectivity index (χ1v) is 8.57. The van der Waals surface area contributed by atoms with Gasteiger partial charge in [-0.25, -0.2) is 0 Å². The molecule has 1 N–H and O–H groups in total. The maximum atomic E-state index is 12.5. The molecule has 0 radical (unpaired) electrons. The van der Waals surface area contributed by atoms with E-state index in [4.69, 9.17) is 11.6 Å². The second-order valence-electron chi connectivity index (χ2n) is 6.15. The van der Waals surface area contributed by atoms with Crippen molar-refractivity contribution in [1.82, 2.24) is 9.78 Å². The molecular formula is C19H17ClN4O3. The molecule has 0 saturated carbocycles. The fraction of sp³-hybridized carbons (Fsp3) is 0.158. The Kier molecular flexibility index (Phi) is 5.23. The summed E-state index contributed by atoms with van der Waals surface area (Å²) in [6.45, 7) is 4.56. The van der Waals surface area contributed by atoms with Crippen LogP contribution in [0.1, 0.15) is 16.7 Å². The van der Waals surface area contributed by atoms with Gasteiger partial charge in [0.25, 0.3) is 11.2 Å². The van der Waals surface area contributed by atoms with Gasteiger partial charge < -0.3 is 5.32 Å². The topological polar surface area (TPSA) is 90.1 Å². The summed E-state index contributed by atoms with van der Waals surface area (Å²) in [4.78, 5) is 22.8. The Hall–Kier alpha value is -3.19. The molecule has 0 unspecified atom stereocenters. The number of hydrogen-bond donors (Lipinski definition) is 1. The van der Waals surface area contributed by atoms with Gasteiger partial charge in [-0.1, -0.05) is 35.4 Å². The molecule has 0 aliphatic rings. The quantitative estimate of drug-likeness (QED) is 0.530. The highest BCUT2D eigenvalue weighted by Crippen LogP contribution is 2.20. The number of rotatable bonds is 5. The molecule has 7 nitrogen and oxygen atoms in total. The summed E-state index contributed by atoms with van der Waals surface area (Å²) in [6.07, 6.45) is 1.47. The molecule has 0 aliphatic heterocycles. The van der Waals surface area contributed by atoms with E-state index in [1.54, 1.807) is 0 Å². The Balaban J connectivity index is 1.84. The molecule has 8 heteroatoms. The number of nitro benzene ring substituents is 1. The molecule has 3 aromatic rings. The number of nitrogens with zero attached hydrogens (tertiary/aromatic N) is 3. The molecule has 0 fully saturated rings. The fourth-order valence-corrected chi connectivity index (χ4v) is 2.89. The van der Waals surface area contributed by atoms with Crippen LogP contribution < -0.4 is 10.9 Å². The highest BCUT2D eigenvalue weighted by Gasteiger charge is 2.12. The first kappa shape index (κ1) is 18.6. The number of non-ortho nitro benzene ring substituents is 1. The molecule has 0 saturated heterocycles. The highest BCUT2D eigenvalue weighted by molar-refractivity contribution is 6.32. The molecule has 0 spiro atoms. The lowest BCUT2D eigenvalue weighted by molar-refractivity contribution is -0.384. The Morgan fingerprint density at radius 1 is 1.19 bits per heavy atom. The van der Waals surface area contributed by atoms with Crippen LogP contribution in [0, 0.1) is 24.0 Å². The van der Waals surface area contributed by atoms with Crippen molar-refractivity contribution in [3.05, 3.63) is 90.8 Å². The summed E-state index contributed by atoms with van der Waals surface area (Å²) in [5.41, 5.74) is 3.68. The third-order valence-electron chi connectivity index (χ3n) is 4.19. The van der Waals surface area contributed by atoms with Crippen molar-refractivity contribution in [2.45, 2.75) is 20.4 Å². The number of anilines is 1. The van der Waals surface area contributed by atoms with Gasteiger partial charge in [-0.05, 0) is 37.1 Å². The zero-order chi connectivity index (χ0) is 19.6. The highest BCUT2D eigenvalue weighted by atomic mass is 35.5. The number of hydrogen-bond acceptors (Lipinski definition) is 5. The number of halogens is 1. The van der Waals surface area contributed by atoms with Gasteiger partial charge in [0, 0.05) is 18.7 Å². The second-order valence-corrected chi connectivity index (χ2v) is 6.52. The molecule has 0 bridgehead atoms. The van der Waals surface area contributed by atoms with E-state index in [0.29, 0.717) is 17.9 Å². The molecule has 1 heterocycles. The van der Waals surface area contributed by atoms with Gasteiger partial charge in [0.1, 0.15) is 5.02 Å². The van der Waals surface area contributed by atoms with Crippen LogP contribution in [0.3, 0.4) is 0 Å². The predicted octanol–water partition coefficient (Wildman–Crippen LogP) is 4.02. The van der Waals surface area contributed by atoms with Gasteiger partial charge in [0.15, 0.2) is 0 Å². The SMILES string of the molecule is Cc1ccc(CNc2cnn(-c3ccc([N+](=O)[O-])cc3)c(=O)c2Cl)c(C)c1. The van der Waals surface area contributed by atoms with Crippen LogP contribution in [0.2, 0.25) is 5.02 Å². The minimum atomic E-state index is -0.507. The molecule has 2 aromatic carbocycles. The van der Waals surface area contributed by atoms with Gasteiger partial charge >= 0.3 is 0 Å². The summed E-state index contributed by atoms with van der Waals surface area (Å²) in [5.74, 6) is 0. The molecule has 0 aliphatic carbocycles. The van der Waals surface area contributed by atoms with Crippen LogP contribution in [0.5, 0.6) is 0 Å². The van der Waals surface area contributed by atoms with Gasteiger partial charge in [-0.3, -0.25) is 14.9 Å². The summed E-state index contributed by atoms with van der Waals surface area (Å²) in [7, 11) is 0.